The van der Waals surface area contributed by atoms with Gasteiger partial charge in [-0.05, 0) is 82.4 Å². The highest BCUT2D eigenvalue weighted by Crippen LogP contribution is 2.19. The second kappa shape index (κ2) is 13.5. The number of amides is 2. The molecule has 8 N–H and O–H groups in total. The number of rotatable bonds is 4. The smallest absolute Gasteiger partial charge is 0.258 e. The summed E-state index contributed by atoms with van der Waals surface area (Å²) < 4.78 is 0. The number of guanidine groups is 2. The summed E-state index contributed by atoms with van der Waals surface area (Å²) in [4.78, 5) is 25.5. The van der Waals surface area contributed by atoms with Crippen molar-refractivity contribution in [1.82, 2.24) is 21.3 Å². The van der Waals surface area contributed by atoms with Crippen molar-refractivity contribution in [3.05, 3.63) is 120 Å². The predicted octanol–water partition coefficient (Wildman–Crippen LogP) is 5.30. The molecular formula is C32H26N8O2S2. The first-order valence-corrected chi connectivity index (χ1v) is 14.1. The fourth-order valence-corrected chi connectivity index (χ4v) is 4.90. The summed E-state index contributed by atoms with van der Waals surface area (Å²) >= 11 is 10.6. The Balaban J connectivity index is 1.08. The van der Waals surface area contributed by atoms with Gasteiger partial charge < -0.3 is 21.3 Å². The average molecular weight is 619 g/mol. The van der Waals surface area contributed by atoms with Gasteiger partial charge >= 0.3 is 0 Å². The molecule has 0 saturated heterocycles. The molecule has 0 bridgehead atoms. The van der Waals surface area contributed by atoms with Crippen molar-refractivity contribution in [2.45, 2.75) is 0 Å². The second-order valence-electron chi connectivity index (χ2n) is 9.45. The van der Waals surface area contributed by atoms with E-state index in [2.05, 4.69) is 31.9 Å². The second-order valence-corrected chi connectivity index (χ2v) is 10.3. The van der Waals surface area contributed by atoms with Gasteiger partial charge in [-0.1, -0.05) is 72.8 Å². The van der Waals surface area contributed by atoms with E-state index in [0.29, 0.717) is 22.5 Å². The van der Waals surface area contributed by atoms with Gasteiger partial charge in [-0.15, -0.1) is 0 Å². The summed E-state index contributed by atoms with van der Waals surface area (Å²) in [5.41, 5.74) is 2.14. The van der Waals surface area contributed by atoms with Crippen molar-refractivity contribution in [2.75, 3.05) is 10.6 Å². The normalized spacial score (nSPS) is 10.4. The van der Waals surface area contributed by atoms with Gasteiger partial charge in [-0.25, -0.2) is 0 Å². The van der Waals surface area contributed by atoms with Crippen molar-refractivity contribution < 1.29 is 9.59 Å². The number of thiocarbonyl (C=S) groups is 2. The standard InChI is InChI=1S/C32H26N8O2S2/c33-29(37-27(41)25-13-5-9-19-7-1-3-11-23(19)25)39-31(43)35-21-15-17-22(18-16-21)36-32(44)40-30(34)38-28(42)26-14-6-10-20-8-2-4-12-24(20)26/h1-18H,(H4,33,35,37,39,41,43)(H4,34,36,38,40,42,44). The van der Waals surface area contributed by atoms with Crippen LogP contribution in [0.15, 0.2) is 109 Å². The molecule has 5 aromatic rings. The lowest BCUT2D eigenvalue weighted by atomic mass is 10.0. The minimum atomic E-state index is -0.427. The number of carbonyl (C=O) groups excluding carboxylic acids is 2. The lowest BCUT2D eigenvalue weighted by molar-refractivity contribution is 0.0969. The van der Waals surface area contributed by atoms with Gasteiger partial charge in [0, 0.05) is 22.5 Å². The monoisotopic (exact) mass is 618 g/mol. The third-order valence-corrected chi connectivity index (χ3v) is 6.83. The van der Waals surface area contributed by atoms with Crippen LogP contribution in [0.2, 0.25) is 0 Å². The summed E-state index contributed by atoms with van der Waals surface area (Å²) in [7, 11) is 0. The maximum atomic E-state index is 12.8. The Kier molecular flexibility index (Phi) is 9.13. The zero-order valence-electron chi connectivity index (χ0n) is 23.0. The van der Waals surface area contributed by atoms with E-state index in [4.69, 9.17) is 35.3 Å². The molecule has 0 fully saturated rings. The lowest BCUT2D eigenvalue weighted by Gasteiger charge is -2.14. The van der Waals surface area contributed by atoms with Gasteiger partial charge in [-0.2, -0.15) is 0 Å². The fourth-order valence-electron chi connectivity index (χ4n) is 4.46. The minimum Gasteiger partial charge on any atom is -0.332 e. The topological polar surface area (TPSA) is 154 Å². The molecule has 10 nitrogen and oxygen atoms in total. The number of anilines is 2. The van der Waals surface area contributed by atoms with Crippen LogP contribution < -0.4 is 31.9 Å². The Morgan fingerprint density at radius 3 is 1.25 bits per heavy atom. The van der Waals surface area contributed by atoms with E-state index in [0.717, 1.165) is 21.5 Å². The predicted molar refractivity (Wildman–Crippen MR) is 183 cm³/mol. The van der Waals surface area contributed by atoms with Crippen LogP contribution in [-0.2, 0) is 0 Å². The number of fused-ring (bicyclic) bond motifs is 2. The van der Waals surface area contributed by atoms with Gasteiger partial charge in [0.25, 0.3) is 11.8 Å². The molecule has 44 heavy (non-hydrogen) atoms. The third-order valence-electron chi connectivity index (χ3n) is 6.42. The van der Waals surface area contributed by atoms with Crippen LogP contribution >= 0.6 is 24.4 Å². The van der Waals surface area contributed by atoms with Crippen LogP contribution in [0, 0.1) is 10.8 Å². The highest BCUT2D eigenvalue weighted by atomic mass is 32.1. The Bertz CT molecular complexity index is 1790. The molecular weight excluding hydrogens is 593 g/mol. The van der Waals surface area contributed by atoms with Crippen molar-refractivity contribution in [3.63, 3.8) is 0 Å². The zero-order valence-corrected chi connectivity index (χ0v) is 24.7. The Morgan fingerprint density at radius 2 is 0.841 bits per heavy atom. The largest absolute Gasteiger partial charge is 0.332 e. The molecule has 218 valence electrons. The van der Waals surface area contributed by atoms with Gasteiger partial charge in [0.05, 0.1) is 0 Å². The van der Waals surface area contributed by atoms with Gasteiger partial charge in [0.2, 0.25) is 11.9 Å². The third kappa shape index (κ3) is 7.37. The molecule has 0 aliphatic carbocycles. The van der Waals surface area contributed by atoms with Crippen LogP contribution in [0.5, 0.6) is 0 Å². The van der Waals surface area contributed by atoms with E-state index in [-0.39, 0.29) is 22.1 Å². The molecule has 0 radical (unpaired) electrons. The number of carbonyl (C=O) groups is 2. The van der Waals surface area contributed by atoms with Crippen LogP contribution in [-0.4, -0.2) is 34.0 Å². The van der Waals surface area contributed by atoms with E-state index in [1.807, 2.05) is 60.7 Å². The molecule has 5 rings (SSSR count). The molecule has 0 aliphatic rings. The highest BCUT2D eigenvalue weighted by Gasteiger charge is 2.14. The summed E-state index contributed by atoms with van der Waals surface area (Å²) in [5.74, 6) is -1.40. The van der Waals surface area contributed by atoms with Gasteiger partial charge in [-0.3, -0.25) is 31.0 Å². The van der Waals surface area contributed by atoms with Crippen LogP contribution in [0.25, 0.3) is 21.5 Å². The average Bonchev–Trinajstić information content (AvgIpc) is 3.01. The molecule has 2 amide bonds. The van der Waals surface area contributed by atoms with Crippen molar-refractivity contribution >= 4 is 91.3 Å². The van der Waals surface area contributed by atoms with E-state index >= 15 is 0 Å². The Hall–Kier alpha value is -5.72. The molecule has 0 aromatic heterocycles. The fraction of sp³-hybridized carbons (Fsp3) is 0. The molecule has 0 spiro atoms. The number of hydrogen-bond donors (Lipinski definition) is 8. The number of benzene rings is 5. The van der Waals surface area contributed by atoms with Gasteiger partial charge in [0.15, 0.2) is 10.2 Å². The summed E-state index contributed by atoms with van der Waals surface area (Å²) in [6, 6.07) is 32.7. The summed E-state index contributed by atoms with van der Waals surface area (Å²) in [6.07, 6.45) is 0. The Morgan fingerprint density at radius 1 is 0.477 bits per heavy atom. The summed E-state index contributed by atoms with van der Waals surface area (Å²) in [5, 5.41) is 36.1. The Labute approximate surface area is 263 Å². The van der Waals surface area contributed by atoms with Crippen molar-refractivity contribution in [3.8, 4) is 0 Å². The van der Waals surface area contributed by atoms with Crippen LogP contribution in [0.4, 0.5) is 11.4 Å². The maximum absolute atomic E-state index is 12.8. The van der Waals surface area contributed by atoms with Crippen LogP contribution in [0.1, 0.15) is 20.7 Å². The SMILES string of the molecule is N=C(NC(=O)c1cccc2ccccc12)NC(=S)Nc1ccc(NC(=S)NC(=N)NC(=O)c2cccc3ccccc23)cc1. The van der Waals surface area contributed by atoms with E-state index in [9.17, 15) is 9.59 Å². The zero-order chi connectivity index (χ0) is 31.1. The highest BCUT2D eigenvalue weighted by molar-refractivity contribution is 7.80. The minimum absolute atomic E-state index is 0.113. The van der Waals surface area contributed by atoms with Gasteiger partial charge in [0.1, 0.15) is 0 Å². The van der Waals surface area contributed by atoms with Crippen molar-refractivity contribution in [1.29, 1.82) is 10.8 Å². The first-order valence-electron chi connectivity index (χ1n) is 13.3. The lowest BCUT2D eigenvalue weighted by Crippen LogP contribution is -2.44. The van der Waals surface area contributed by atoms with Crippen LogP contribution in [0.3, 0.4) is 0 Å². The molecule has 0 aliphatic heterocycles. The quantitative estimate of drug-likeness (QED) is 0.0768. The van der Waals surface area contributed by atoms with E-state index in [1.54, 1.807) is 48.5 Å². The first-order chi connectivity index (χ1) is 21.3. The van der Waals surface area contributed by atoms with E-state index < -0.39 is 11.8 Å². The van der Waals surface area contributed by atoms with Crippen molar-refractivity contribution in [2.24, 2.45) is 0 Å². The number of nitrogens with one attached hydrogen (secondary N) is 8. The molecule has 0 heterocycles. The summed E-state index contributed by atoms with van der Waals surface area (Å²) in [6.45, 7) is 0. The molecule has 0 unspecified atom stereocenters. The maximum Gasteiger partial charge on any atom is 0.258 e. The molecule has 12 heteroatoms. The molecule has 0 saturated carbocycles. The number of hydrogen-bond acceptors (Lipinski definition) is 6. The van der Waals surface area contributed by atoms with E-state index in [1.165, 1.54) is 0 Å². The molecule has 5 aromatic carbocycles. The first kappa shape index (κ1) is 29.8. The molecule has 0 atom stereocenters.